The first-order valence-corrected chi connectivity index (χ1v) is 9.19. The number of hydrogen-bond donors (Lipinski definition) is 2. The fourth-order valence-corrected chi connectivity index (χ4v) is 3.14. The second-order valence-corrected chi connectivity index (χ2v) is 7.71. The maximum absolute atomic E-state index is 11.9. The van der Waals surface area contributed by atoms with Crippen LogP contribution in [-0.2, 0) is 20.8 Å². The van der Waals surface area contributed by atoms with Crippen molar-refractivity contribution in [1.29, 1.82) is 0 Å². The highest BCUT2D eigenvalue weighted by molar-refractivity contribution is 7.89. The zero-order valence-corrected chi connectivity index (χ0v) is 12.8. The molecule has 0 heterocycles. The van der Waals surface area contributed by atoms with Gasteiger partial charge in [-0.3, -0.25) is 4.21 Å². The molecule has 0 radical (unpaired) electrons. The highest BCUT2D eigenvalue weighted by atomic mass is 32.2. The van der Waals surface area contributed by atoms with E-state index in [1.165, 1.54) is 0 Å². The highest BCUT2D eigenvalue weighted by Crippen LogP contribution is 2.14. The Morgan fingerprint density at radius 2 is 1.89 bits per heavy atom. The standard InChI is InChI=1S/C12H20N2O3S2/c1-10(13)11-4-6-12(7-5-11)19(16,17)14-8-3-9-18(2)15/h4-7,10,14H,3,8-9,13H2,1-2H3. The van der Waals surface area contributed by atoms with E-state index in [0.29, 0.717) is 12.2 Å². The van der Waals surface area contributed by atoms with Crippen LogP contribution >= 0.6 is 0 Å². The molecule has 19 heavy (non-hydrogen) atoms. The van der Waals surface area contributed by atoms with Gasteiger partial charge >= 0.3 is 0 Å². The molecule has 7 heteroatoms. The van der Waals surface area contributed by atoms with Crippen LogP contribution in [-0.4, -0.2) is 31.2 Å². The summed E-state index contributed by atoms with van der Waals surface area (Å²) in [7, 11) is -4.39. The minimum atomic E-state index is -3.49. The van der Waals surface area contributed by atoms with Crippen LogP contribution < -0.4 is 10.5 Å². The molecule has 0 saturated heterocycles. The lowest BCUT2D eigenvalue weighted by molar-refractivity contribution is 0.580. The molecular formula is C12H20N2O3S2. The maximum Gasteiger partial charge on any atom is 0.240 e. The van der Waals surface area contributed by atoms with Crippen molar-refractivity contribution >= 4 is 20.8 Å². The first-order valence-electron chi connectivity index (χ1n) is 5.98. The van der Waals surface area contributed by atoms with Crippen molar-refractivity contribution in [2.45, 2.75) is 24.3 Å². The van der Waals surface area contributed by atoms with Gasteiger partial charge < -0.3 is 5.73 Å². The summed E-state index contributed by atoms with van der Waals surface area (Å²) in [4.78, 5) is 0.217. The molecule has 5 nitrogen and oxygen atoms in total. The van der Waals surface area contributed by atoms with Crippen LogP contribution in [0.2, 0.25) is 0 Å². The number of benzene rings is 1. The third-order valence-electron chi connectivity index (χ3n) is 2.62. The van der Waals surface area contributed by atoms with Crippen LogP contribution in [0.25, 0.3) is 0 Å². The normalized spacial score (nSPS) is 15.1. The summed E-state index contributed by atoms with van der Waals surface area (Å²) in [6.07, 6.45) is 2.15. The third-order valence-corrected chi connectivity index (χ3v) is 4.96. The first-order chi connectivity index (χ1) is 8.83. The number of sulfonamides is 1. The van der Waals surface area contributed by atoms with Gasteiger partial charge in [-0.2, -0.15) is 0 Å². The van der Waals surface area contributed by atoms with Crippen molar-refractivity contribution in [3.63, 3.8) is 0 Å². The number of hydrogen-bond acceptors (Lipinski definition) is 4. The van der Waals surface area contributed by atoms with E-state index >= 15 is 0 Å². The van der Waals surface area contributed by atoms with Gasteiger partial charge in [0.2, 0.25) is 10.0 Å². The molecule has 0 aliphatic rings. The molecule has 3 N–H and O–H groups in total. The Kier molecular flexibility index (Phi) is 6.12. The van der Waals surface area contributed by atoms with Gasteiger partial charge in [-0.25, -0.2) is 13.1 Å². The third kappa shape index (κ3) is 5.40. The van der Waals surface area contributed by atoms with Crippen molar-refractivity contribution in [2.24, 2.45) is 5.73 Å². The van der Waals surface area contributed by atoms with Crippen LogP contribution in [0, 0.1) is 0 Å². The lowest BCUT2D eigenvalue weighted by atomic mass is 10.1. The zero-order valence-electron chi connectivity index (χ0n) is 11.1. The molecule has 1 rings (SSSR count). The molecule has 0 aromatic heterocycles. The zero-order chi connectivity index (χ0) is 14.5. The Balaban J connectivity index is 2.64. The molecule has 0 fully saturated rings. The van der Waals surface area contributed by atoms with Crippen LogP contribution in [0.4, 0.5) is 0 Å². The summed E-state index contributed by atoms with van der Waals surface area (Å²) < 4.78 is 37.2. The molecule has 0 spiro atoms. The average Bonchev–Trinajstić information content (AvgIpc) is 2.34. The fourth-order valence-electron chi connectivity index (χ4n) is 1.52. The predicted octanol–water partition coefficient (Wildman–Crippen LogP) is 0.753. The van der Waals surface area contributed by atoms with E-state index in [2.05, 4.69) is 4.72 Å². The van der Waals surface area contributed by atoms with Gasteiger partial charge in [-0.15, -0.1) is 0 Å². The Morgan fingerprint density at radius 3 is 2.37 bits per heavy atom. The molecule has 1 aromatic rings. The van der Waals surface area contributed by atoms with Crippen LogP contribution in [0.3, 0.4) is 0 Å². The Morgan fingerprint density at radius 1 is 1.32 bits per heavy atom. The van der Waals surface area contributed by atoms with E-state index < -0.39 is 20.8 Å². The van der Waals surface area contributed by atoms with E-state index in [4.69, 9.17) is 5.73 Å². The van der Waals surface area contributed by atoms with Gasteiger partial charge in [-0.05, 0) is 31.0 Å². The fraction of sp³-hybridized carbons (Fsp3) is 0.500. The predicted molar refractivity (Wildman–Crippen MR) is 77.8 cm³/mol. The van der Waals surface area contributed by atoms with E-state index in [1.807, 2.05) is 6.92 Å². The Hall–Kier alpha value is -0.760. The van der Waals surface area contributed by atoms with Crippen molar-refractivity contribution < 1.29 is 12.6 Å². The molecule has 108 valence electrons. The van der Waals surface area contributed by atoms with Gasteiger partial charge in [0.1, 0.15) is 0 Å². The molecule has 1 aromatic carbocycles. The molecular weight excluding hydrogens is 284 g/mol. The van der Waals surface area contributed by atoms with Crippen molar-refractivity contribution in [2.75, 3.05) is 18.6 Å². The SMILES string of the molecule is CC(N)c1ccc(S(=O)(=O)NCCCS(C)=O)cc1. The Bertz CT molecular complexity index is 524. The minimum absolute atomic E-state index is 0.121. The van der Waals surface area contributed by atoms with Gasteiger partial charge in [0.25, 0.3) is 0 Å². The van der Waals surface area contributed by atoms with Crippen LogP contribution in [0.1, 0.15) is 24.9 Å². The average molecular weight is 304 g/mol. The van der Waals surface area contributed by atoms with E-state index in [1.54, 1.807) is 30.5 Å². The van der Waals surface area contributed by atoms with E-state index in [-0.39, 0.29) is 17.5 Å². The molecule has 0 saturated carbocycles. The smallest absolute Gasteiger partial charge is 0.240 e. The second-order valence-electron chi connectivity index (χ2n) is 4.39. The molecule has 0 aliphatic heterocycles. The van der Waals surface area contributed by atoms with Crippen molar-refractivity contribution in [3.05, 3.63) is 29.8 Å². The van der Waals surface area contributed by atoms with Crippen molar-refractivity contribution in [3.8, 4) is 0 Å². The summed E-state index contributed by atoms with van der Waals surface area (Å²) in [5, 5.41) is 0. The first kappa shape index (κ1) is 16.3. The van der Waals surface area contributed by atoms with Gasteiger partial charge in [0.15, 0.2) is 0 Å². The van der Waals surface area contributed by atoms with Crippen LogP contribution in [0.5, 0.6) is 0 Å². The summed E-state index contributed by atoms with van der Waals surface area (Å²) >= 11 is 0. The molecule has 0 bridgehead atoms. The van der Waals surface area contributed by atoms with Gasteiger partial charge in [0, 0.05) is 35.4 Å². The highest BCUT2D eigenvalue weighted by Gasteiger charge is 2.13. The Labute approximate surface area is 117 Å². The molecule has 2 atom stereocenters. The van der Waals surface area contributed by atoms with Crippen molar-refractivity contribution in [1.82, 2.24) is 4.72 Å². The maximum atomic E-state index is 11.9. The molecule has 0 aliphatic carbocycles. The summed E-state index contributed by atoms with van der Waals surface area (Å²) in [5.41, 5.74) is 6.59. The largest absolute Gasteiger partial charge is 0.324 e. The molecule has 2 unspecified atom stereocenters. The topological polar surface area (TPSA) is 89.3 Å². The minimum Gasteiger partial charge on any atom is -0.324 e. The quantitative estimate of drug-likeness (QED) is 0.728. The van der Waals surface area contributed by atoms with Gasteiger partial charge in [-0.1, -0.05) is 12.1 Å². The lowest BCUT2D eigenvalue weighted by Gasteiger charge is -2.09. The molecule has 0 amide bonds. The lowest BCUT2D eigenvalue weighted by Crippen LogP contribution is -2.25. The second kappa shape index (κ2) is 7.14. The van der Waals surface area contributed by atoms with Gasteiger partial charge in [0.05, 0.1) is 4.90 Å². The van der Waals surface area contributed by atoms with E-state index in [9.17, 15) is 12.6 Å². The summed E-state index contributed by atoms with van der Waals surface area (Å²) in [6.45, 7) is 2.13. The van der Waals surface area contributed by atoms with E-state index in [0.717, 1.165) is 5.56 Å². The number of rotatable bonds is 7. The number of nitrogens with two attached hydrogens (primary N) is 1. The monoisotopic (exact) mass is 304 g/mol. The summed E-state index contributed by atoms with van der Waals surface area (Å²) in [6, 6.07) is 6.38. The van der Waals surface area contributed by atoms with Crippen LogP contribution in [0.15, 0.2) is 29.2 Å². The summed E-state index contributed by atoms with van der Waals surface area (Å²) in [5.74, 6) is 0.492. The number of nitrogens with one attached hydrogen (secondary N) is 1.